The largest absolute Gasteiger partial charge is 0.422 e. The van der Waals surface area contributed by atoms with E-state index in [1.807, 2.05) is 0 Å². The number of hydrogen-bond donors (Lipinski definition) is 2. The number of aromatic amines is 1. The van der Waals surface area contributed by atoms with Crippen LogP contribution in [0.4, 0.5) is 6.01 Å². The normalized spacial score (nSPS) is 10.9. The Hall–Kier alpha value is -2.08. The first-order valence-corrected chi connectivity index (χ1v) is 5.33. The lowest BCUT2D eigenvalue weighted by molar-refractivity contribution is 0.613. The van der Waals surface area contributed by atoms with E-state index in [4.69, 9.17) is 16.0 Å². The van der Waals surface area contributed by atoms with Crippen molar-refractivity contribution in [3.63, 3.8) is 0 Å². The lowest BCUT2D eigenvalue weighted by Gasteiger charge is -1.96. The van der Waals surface area contributed by atoms with Gasteiger partial charge >= 0.3 is 0 Å². The zero-order valence-corrected chi connectivity index (χ0v) is 9.40. The van der Waals surface area contributed by atoms with Crippen LogP contribution in [-0.2, 0) is 6.54 Å². The Balaban J connectivity index is 1.81. The van der Waals surface area contributed by atoms with Crippen LogP contribution in [-0.4, -0.2) is 19.9 Å². The van der Waals surface area contributed by atoms with Gasteiger partial charge < -0.3 is 14.7 Å². The molecule has 3 rings (SSSR count). The SMILES string of the molecule is Clc1ccc2oc(NCc3cnc[nH]3)nc2n1. The monoisotopic (exact) mass is 249 g/mol. The molecule has 17 heavy (non-hydrogen) atoms. The zero-order chi connectivity index (χ0) is 11.7. The first-order chi connectivity index (χ1) is 8.31. The Morgan fingerprint density at radius 2 is 2.29 bits per heavy atom. The highest BCUT2D eigenvalue weighted by Crippen LogP contribution is 2.19. The average Bonchev–Trinajstić information content (AvgIpc) is 2.94. The lowest BCUT2D eigenvalue weighted by atomic mass is 10.5. The molecule has 0 saturated carbocycles. The van der Waals surface area contributed by atoms with E-state index < -0.39 is 0 Å². The second-order valence-electron chi connectivity index (χ2n) is 3.41. The van der Waals surface area contributed by atoms with Crippen molar-refractivity contribution < 1.29 is 4.42 Å². The molecular formula is C10H8ClN5O. The summed E-state index contributed by atoms with van der Waals surface area (Å²) in [5.41, 5.74) is 2.03. The Labute approximate surface area is 101 Å². The van der Waals surface area contributed by atoms with Gasteiger partial charge in [-0.3, -0.25) is 0 Å². The summed E-state index contributed by atoms with van der Waals surface area (Å²) in [4.78, 5) is 15.1. The van der Waals surface area contributed by atoms with Crippen LogP contribution >= 0.6 is 11.6 Å². The van der Waals surface area contributed by atoms with Crippen molar-refractivity contribution in [1.82, 2.24) is 19.9 Å². The van der Waals surface area contributed by atoms with Gasteiger partial charge in [-0.05, 0) is 12.1 Å². The molecule has 3 heterocycles. The third-order valence-electron chi connectivity index (χ3n) is 2.20. The number of pyridine rings is 1. The molecule has 0 amide bonds. The van der Waals surface area contributed by atoms with E-state index >= 15 is 0 Å². The van der Waals surface area contributed by atoms with Gasteiger partial charge in [-0.25, -0.2) is 9.97 Å². The quantitative estimate of drug-likeness (QED) is 0.696. The number of rotatable bonds is 3. The molecule has 0 bridgehead atoms. The van der Waals surface area contributed by atoms with Gasteiger partial charge in [0.1, 0.15) is 5.15 Å². The maximum atomic E-state index is 5.76. The molecule has 0 aliphatic heterocycles. The van der Waals surface area contributed by atoms with E-state index in [-0.39, 0.29) is 0 Å². The molecule has 0 aliphatic carbocycles. The Morgan fingerprint density at radius 1 is 1.35 bits per heavy atom. The Bertz CT molecular complexity index is 633. The second-order valence-corrected chi connectivity index (χ2v) is 3.79. The highest BCUT2D eigenvalue weighted by Gasteiger charge is 2.07. The number of imidazole rings is 1. The topological polar surface area (TPSA) is 79.6 Å². The van der Waals surface area contributed by atoms with Crippen molar-refractivity contribution in [2.24, 2.45) is 0 Å². The average molecular weight is 250 g/mol. The minimum absolute atomic E-state index is 0.394. The molecule has 86 valence electrons. The van der Waals surface area contributed by atoms with Gasteiger partial charge in [0.2, 0.25) is 5.65 Å². The summed E-state index contributed by atoms with van der Waals surface area (Å²) < 4.78 is 5.44. The fourth-order valence-corrected chi connectivity index (χ4v) is 1.57. The van der Waals surface area contributed by atoms with Crippen LogP contribution in [0.25, 0.3) is 11.2 Å². The molecule has 0 aliphatic rings. The third-order valence-corrected chi connectivity index (χ3v) is 2.41. The minimum atomic E-state index is 0.394. The Kier molecular flexibility index (Phi) is 2.41. The number of nitrogens with zero attached hydrogens (tertiary/aromatic N) is 3. The van der Waals surface area contributed by atoms with E-state index in [1.165, 1.54) is 0 Å². The van der Waals surface area contributed by atoms with Gasteiger partial charge in [0.15, 0.2) is 5.58 Å². The van der Waals surface area contributed by atoms with E-state index in [0.29, 0.717) is 28.9 Å². The van der Waals surface area contributed by atoms with Gasteiger partial charge in [-0.1, -0.05) is 11.6 Å². The van der Waals surface area contributed by atoms with Crippen LogP contribution in [0, 0.1) is 0 Å². The highest BCUT2D eigenvalue weighted by molar-refractivity contribution is 6.29. The number of nitrogens with one attached hydrogen (secondary N) is 2. The van der Waals surface area contributed by atoms with E-state index in [2.05, 4.69) is 25.3 Å². The van der Waals surface area contributed by atoms with Crippen LogP contribution in [0.3, 0.4) is 0 Å². The van der Waals surface area contributed by atoms with Crippen LogP contribution < -0.4 is 5.32 Å². The summed E-state index contributed by atoms with van der Waals surface area (Å²) >= 11 is 5.76. The van der Waals surface area contributed by atoms with Gasteiger partial charge in [0.05, 0.1) is 18.6 Å². The summed E-state index contributed by atoms with van der Waals surface area (Å²) in [6.07, 6.45) is 3.34. The van der Waals surface area contributed by atoms with E-state index in [0.717, 1.165) is 5.69 Å². The summed E-state index contributed by atoms with van der Waals surface area (Å²) in [7, 11) is 0. The summed E-state index contributed by atoms with van der Waals surface area (Å²) in [5.74, 6) is 0. The molecule has 0 radical (unpaired) electrons. The molecule has 3 aromatic heterocycles. The van der Waals surface area contributed by atoms with Gasteiger partial charge in [0.25, 0.3) is 6.01 Å². The summed E-state index contributed by atoms with van der Waals surface area (Å²) in [6, 6.07) is 3.80. The first kappa shape index (κ1) is 10.1. The van der Waals surface area contributed by atoms with Crippen molar-refractivity contribution in [2.75, 3.05) is 5.32 Å². The molecule has 6 nitrogen and oxygen atoms in total. The van der Waals surface area contributed by atoms with Crippen molar-refractivity contribution >= 4 is 28.8 Å². The van der Waals surface area contributed by atoms with Gasteiger partial charge in [-0.15, -0.1) is 0 Å². The van der Waals surface area contributed by atoms with E-state index in [1.54, 1.807) is 24.7 Å². The fraction of sp³-hybridized carbons (Fsp3) is 0.100. The zero-order valence-electron chi connectivity index (χ0n) is 8.64. The van der Waals surface area contributed by atoms with Crippen molar-refractivity contribution in [3.8, 4) is 0 Å². The van der Waals surface area contributed by atoms with Crippen LogP contribution in [0.1, 0.15) is 5.69 Å². The molecule has 2 N–H and O–H groups in total. The van der Waals surface area contributed by atoms with Gasteiger partial charge in [0, 0.05) is 6.20 Å². The van der Waals surface area contributed by atoms with Crippen LogP contribution in [0.15, 0.2) is 29.1 Å². The number of fused-ring (bicyclic) bond motifs is 1. The molecule has 0 spiro atoms. The second kappa shape index (κ2) is 4.06. The van der Waals surface area contributed by atoms with E-state index in [9.17, 15) is 0 Å². The fourth-order valence-electron chi connectivity index (χ4n) is 1.42. The van der Waals surface area contributed by atoms with Crippen LogP contribution in [0.5, 0.6) is 0 Å². The maximum absolute atomic E-state index is 5.76. The molecule has 3 aromatic rings. The molecule has 0 unspecified atom stereocenters. The third kappa shape index (κ3) is 2.07. The smallest absolute Gasteiger partial charge is 0.297 e. The summed E-state index contributed by atoms with van der Waals surface area (Å²) in [5, 5.41) is 3.42. The Morgan fingerprint density at radius 3 is 3.12 bits per heavy atom. The number of H-pyrrole nitrogens is 1. The highest BCUT2D eigenvalue weighted by atomic mass is 35.5. The predicted molar refractivity (Wildman–Crippen MR) is 62.7 cm³/mol. The first-order valence-electron chi connectivity index (χ1n) is 4.95. The standard InChI is InChI=1S/C10H8ClN5O/c11-8-2-1-7-9(15-8)16-10(17-7)13-4-6-3-12-5-14-6/h1-3,5H,4H2,(H,12,14)(H,13,15,16). The molecule has 0 saturated heterocycles. The molecule has 0 atom stereocenters. The summed E-state index contributed by atoms with van der Waals surface area (Å²) in [6.45, 7) is 0.556. The minimum Gasteiger partial charge on any atom is -0.422 e. The predicted octanol–water partition coefficient (Wildman–Crippen LogP) is 2.21. The van der Waals surface area contributed by atoms with Crippen molar-refractivity contribution in [3.05, 3.63) is 35.5 Å². The van der Waals surface area contributed by atoms with Gasteiger partial charge in [-0.2, -0.15) is 4.98 Å². The number of halogens is 1. The molecule has 0 fully saturated rings. The van der Waals surface area contributed by atoms with Crippen molar-refractivity contribution in [1.29, 1.82) is 0 Å². The number of oxazole rings is 1. The lowest BCUT2D eigenvalue weighted by Crippen LogP contribution is -1.99. The number of aromatic nitrogens is 4. The number of anilines is 1. The maximum Gasteiger partial charge on any atom is 0.297 e. The molecular weight excluding hydrogens is 242 g/mol. The van der Waals surface area contributed by atoms with Crippen molar-refractivity contribution in [2.45, 2.75) is 6.54 Å². The molecule has 7 heteroatoms. The number of hydrogen-bond acceptors (Lipinski definition) is 5. The molecule has 0 aromatic carbocycles. The van der Waals surface area contributed by atoms with Crippen LogP contribution in [0.2, 0.25) is 5.15 Å².